The quantitative estimate of drug-likeness (QED) is 0.798. The van der Waals surface area contributed by atoms with E-state index in [-0.39, 0.29) is 5.41 Å². The number of nitrogens with zero attached hydrogens (tertiary/aromatic N) is 3. The highest BCUT2D eigenvalue weighted by Gasteiger charge is 2.42. The van der Waals surface area contributed by atoms with E-state index in [1.807, 2.05) is 6.07 Å². The predicted molar refractivity (Wildman–Crippen MR) is 91.9 cm³/mol. The molecular formula is C19H22FN3O. The summed E-state index contributed by atoms with van der Waals surface area (Å²) in [6, 6.07) is 3.32. The van der Waals surface area contributed by atoms with Crippen LogP contribution in [0.5, 0.6) is 0 Å². The third-order valence-electron chi connectivity index (χ3n) is 5.30. The van der Waals surface area contributed by atoms with E-state index in [1.54, 1.807) is 0 Å². The normalized spacial score (nSPS) is 29.7. The van der Waals surface area contributed by atoms with Gasteiger partial charge in [-0.05, 0) is 19.1 Å². The van der Waals surface area contributed by atoms with Gasteiger partial charge in [0.25, 0.3) is 0 Å². The lowest BCUT2D eigenvalue weighted by molar-refractivity contribution is 0.0285. The molecule has 0 saturated carbocycles. The van der Waals surface area contributed by atoms with E-state index in [0.717, 1.165) is 38.5 Å². The highest BCUT2D eigenvalue weighted by atomic mass is 19.1. The lowest BCUT2D eigenvalue weighted by atomic mass is 9.72. The van der Waals surface area contributed by atoms with Crippen LogP contribution >= 0.6 is 0 Å². The van der Waals surface area contributed by atoms with Gasteiger partial charge < -0.3 is 9.64 Å². The Kier molecular flexibility index (Phi) is 3.98. The van der Waals surface area contributed by atoms with Crippen molar-refractivity contribution in [1.29, 1.82) is 0 Å². The molecule has 2 atom stereocenters. The number of allylic oxidation sites excluding steroid dienone is 3. The molecule has 1 aliphatic carbocycles. The molecule has 0 radical (unpaired) electrons. The molecule has 1 aromatic rings. The molecule has 4 nitrogen and oxygen atoms in total. The Labute approximate surface area is 141 Å². The van der Waals surface area contributed by atoms with E-state index in [4.69, 9.17) is 4.74 Å². The molecular weight excluding hydrogens is 305 g/mol. The van der Waals surface area contributed by atoms with E-state index in [9.17, 15) is 4.39 Å². The van der Waals surface area contributed by atoms with Crippen molar-refractivity contribution < 1.29 is 9.13 Å². The van der Waals surface area contributed by atoms with E-state index >= 15 is 0 Å². The minimum absolute atomic E-state index is 0.0766. The van der Waals surface area contributed by atoms with Gasteiger partial charge in [0, 0.05) is 55.1 Å². The lowest BCUT2D eigenvalue weighted by Gasteiger charge is -2.40. The number of morpholine rings is 1. The number of hydrogen-bond donors (Lipinski definition) is 0. The molecule has 0 amide bonds. The number of anilines is 1. The van der Waals surface area contributed by atoms with Crippen molar-refractivity contribution in [1.82, 2.24) is 9.88 Å². The summed E-state index contributed by atoms with van der Waals surface area (Å²) in [6.07, 6.45) is 12.4. The van der Waals surface area contributed by atoms with Crippen LogP contribution < -0.4 is 4.90 Å². The topological polar surface area (TPSA) is 28.6 Å². The standard InChI is InChI=1S/C19H22FN3O/c1-19-6-8-23(16-5-7-21-18(20)13-16)17(19)4-2-3-15(19)14-22-9-11-24-12-10-22/h2-8,13,15H,9-12,14H2,1H3. The number of aromatic nitrogens is 1. The van der Waals surface area contributed by atoms with Gasteiger partial charge >= 0.3 is 0 Å². The van der Waals surface area contributed by atoms with Gasteiger partial charge in [0.15, 0.2) is 0 Å². The van der Waals surface area contributed by atoms with Crippen LogP contribution in [0.1, 0.15) is 6.92 Å². The first kappa shape index (κ1) is 15.5. The molecule has 0 N–H and O–H groups in total. The lowest BCUT2D eigenvalue weighted by Crippen LogP contribution is -2.43. The van der Waals surface area contributed by atoms with Crippen LogP contribution in [0.3, 0.4) is 0 Å². The van der Waals surface area contributed by atoms with Crippen molar-refractivity contribution in [3.05, 3.63) is 60.5 Å². The van der Waals surface area contributed by atoms with Crippen molar-refractivity contribution in [2.75, 3.05) is 37.7 Å². The Morgan fingerprint density at radius 1 is 1.38 bits per heavy atom. The summed E-state index contributed by atoms with van der Waals surface area (Å²) in [6.45, 7) is 6.88. The molecule has 4 rings (SSSR count). The third-order valence-corrected chi connectivity index (χ3v) is 5.30. The highest BCUT2D eigenvalue weighted by Crippen LogP contribution is 2.48. The molecule has 1 saturated heterocycles. The van der Waals surface area contributed by atoms with Crippen LogP contribution in [0.4, 0.5) is 10.1 Å². The number of halogens is 1. The second-order valence-electron chi connectivity index (χ2n) is 6.76. The van der Waals surface area contributed by atoms with Crippen molar-refractivity contribution in [3.63, 3.8) is 0 Å². The van der Waals surface area contributed by atoms with Gasteiger partial charge in [-0.25, -0.2) is 4.98 Å². The monoisotopic (exact) mass is 327 g/mol. The molecule has 5 heteroatoms. The number of fused-ring (bicyclic) bond motifs is 1. The molecule has 3 heterocycles. The third kappa shape index (κ3) is 2.68. The minimum Gasteiger partial charge on any atom is -0.379 e. The zero-order valence-electron chi connectivity index (χ0n) is 13.9. The van der Waals surface area contributed by atoms with Gasteiger partial charge in [0.2, 0.25) is 5.95 Å². The average molecular weight is 327 g/mol. The molecule has 0 bridgehead atoms. The summed E-state index contributed by atoms with van der Waals surface area (Å²) >= 11 is 0. The molecule has 2 aliphatic heterocycles. The van der Waals surface area contributed by atoms with Gasteiger partial charge in [-0.2, -0.15) is 4.39 Å². The second-order valence-corrected chi connectivity index (χ2v) is 6.76. The molecule has 1 aromatic heterocycles. The first-order valence-electron chi connectivity index (χ1n) is 8.46. The number of pyridine rings is 1. The van der Waals surface area contributed by atoms with Gasteiger partial charge in [-0.15, -0.1) is 0 Å². The van der Waals surface area contributed by atoms with Crippen LogP contribution in [0, 0.1) is 17.3 Å². The highest BCUT2D eigenvalue weighted by molar-refractivity contribution is 5.61. The van der Waals surface area contributed by atoms with Crippen molar-refractivity contribution in [3.8, 4) is 0 Å². The van der Waals surface area contributed by atoms with E-state index in [1.165, 1.54) is 18.0 Å². The Morgan fingerprint density at radius 2 is 2.21 bits per heavy atom. The number of ether oxygens (including phenoxy) is 1. The smallest absolute Gasteiger partial charge is 0.214 e. The summed E-state index contributed by atoms with van der Waals surface area (Å²) in [5, 5.41) is 0. The maximum atomic E-state index is 13.5. The summed E-state index contributed by atoms with van der Waals surface area (Å²) in [7, 11) is 0. The molecule has 126 valence electrons. The first-order valence-corrected chi connectivity index (χ1v) is 8.46. The fraction of sp³-hybridized carbons (Fsp3) is 0.421. The Balaban J connectivity index is 1.58. The predicted octanol–water partition coefficient (Wildman–Crippen LogP) is 2.96. The molecule has 0 spiro atoms. The van der Waals surface area contributed by atoms with E-state index < -0.39 is 5.95 Å². The van der Waals surface area contributed by atoms with Crippen molar-refractivity contribution in [2.24, 2.45) is 11.3 Å². The van der Waals surface area contributed by atoms with Crippen molar-refractivity contribution >= 4 is 5.69 Å². The Bertz CT molecular complexity index is 708. The average Bonchev–Trinajstić information content (AvgIpc) is 2.95. The van der Waals surface area contributed by atoms with Gasteiger partial charge in [-0.1, -0.05) is 18.2 Å². The van der Waals surface area contributed by atoms with Crippen LogP contribution in [-0.4, -0.2) is 42.7 Å². The number of rotatable bonds is 3. The van der Waals surface area contributed by atoms with E-state index in [2.05, 4.69) is 52.2 Å². The van der Waals surface area contributed by atoms with Crippen LogP contribution in [0.25, 0.3) is 0 Å². The van der Waals surface area contributed by atoms with Gasteiger partial charge in [0.1, 0.15) is 0 Å². The second kappa shape index (κ2) is 6.15. The Hall–Kier alpha value is -1.98. The molecule has 2 unspecified atom stereocenters. The zero-order valence-corrected chi connectivity index (χ0v) is 13.9. The van der Waals surface area contributed by atoms with Gasteiger partial charge in [-0.3, -0.25) is 4.90 Å². The Morgan fingerprint density at radius 3 is 3.00 bits per heavy atom. The van der Waals surface area contributed by atoms with Gasteiger partial charge in [0.05, 0.1) is 18.9 Å². The molecule has 1 fully saturated rings. The molecule has 24 heavy (non-hydrogen) atoms. The summed E-state index contributed by atoms with van der Waals surface area (Å²) < 4.78 is 19.0. The largest absolute Gasteiger partial charge is 0.379 e. The molecule has 3 aliphatic rings. The maximum Gasteiger partial charge on any atom is 0.214 e. The molecule has 0 aromatic carbocycles. The zero-order chi connectivity index (χ0) is 16.6. The number of hydrogen-bond acceptors (Lipinski definition) is 4. The van der Waals surface area contributed by atoms with Crippen LogP contribution in [0.15, 0.2) is 54.5 Å². The minimum atomic E-state index is -0.452. The SMILES string of the molecule is CC12C=CN(c3ccnc(F)c3)C1=CC=CC2CN1CCOCC1. The van der Waals surface area contributed by atoms with E-state index in [0.29, 0.717) is 5.92 Å². The first-order chi connectivity index (χ1) is 11.7. The fourth-order valence-corrected chi connectivity index (χ4v) is 3.79. The summed E-state index contributed by atoms with van der Waals surface area (Å²) in [4.78, 5) is 8.19. The maximum absolute atomic E-state index is 13.5. The van der Waals surface area contributed by atoms with Crippen LogP contribution in [-0.2, 0) is 4.74 Å². The summed E-state index contributed by atoms with van der Waals surface area (Å²) in [5.41, 5.74) is 1.93. The fourth-order valence-electron chi connectivity index (χ4n) is 3.79. The van der Waals surface area contributed by atoms with Crippen molar-refractivity contribution in [2.45, 2.75) is 6.92 Å². The summed E-state index contributed by atoms with van der Waals surface area (Å²) in [5.74, 6) is -0.0603. The van der Waals surface area contributed by atoms with Crippen LogP contribution in [0.2, 0.25) is 0 Å².